The Labute approximate surface area is 130 Å². The normalized spacial score (nSPS) is 25.1. The maximum atomic E-state index is 11.8. The molecule has 0 aromatic carbocycles. The predicted molar refractivity (Wildman–Crippen MR) is 84.0 cm³/mol. The first-order chi connectivity index (χ1) is 9.58. The van der Waals surface area contributed by atoms with Crippen LogP contribution in [0.25, 0.3) is 0 Å². The molecule has 0 radical (unpaired) electrons. The minimum Gasteiger partial charge on any atom is -0.370 e. The Balaban J connectivity index is 1.72. The van der Waals surface area contributed by atoms with Crippen molar-refractivity contribution < 1.29 is 4.74 Å². The quantitative estimate of drug-likeness (QED) is 0.787. The molecule has 5 nitrogen and oxygen atoms in total. The van der Waals surface area contributed by atoms with Crippen molar-refractivity contribution >= 4 is 22.6 Å². The fourth-order valence-corrected chi connectivity index (χ4v) is 3.90. The second kappa shape index (κ2) is 5.63. The summed E-state index contributed by atoms with van der Waals surface area (Å²) in [7, 11) is 0. The lowest BCUT2D eigenvalue weighted by molar-refractivity contribution is -0.0683. The zero-order valence-electron chi connectivity index (χ0n) is 11.4. The summed E-state index contributed by atoms with van der Waals surface area (Å²) >= 11 is 1.95. The average molecular weight is 390 g/mol. The Morgan fingerprint density at radius 3 is 2.80 bits per heavy atom. The smallest absolute Gasteiger partial charge is 0.328 e. The summed E-state index contributed by atoms with van der Waals surface area (Å²) in [5.74, 6) is 0. The van der Waals surface area contributed by atoms with Crippen molar-refractivity contribution in [3.05, 3.63) is 30.6 Å². The van der Waals surface area contributed by atoms with Crippen LogP contribution in [0.3, 0.4) is 0 Å². The van der Waals surface area contributed by atoms with E-state index in [1.54, 1.807) is 10.8 Å². The molecule has 1 aliphatic heterocycles. The van der Waals surface area contributed by atoms with E-state index in [-0.39, 0.29) is 23.0 Å². The summed E-state index contributed by atoms with van der Waals surface area (Å²) < 4.78 is 8.36. The summed E-state index contributed by atoms with van der Waals surface area (Å²) in [5.41, 5.74) is -0.589. The molecule has 1 atom stereocenters. The van der Waals surface area contributed by atoms with Crippen molar-refractivity contribution in [2.45, 2.75) is 63.2 Å². The van der Waals surface area contributed by atoms with Gasteiger partial charge in [0, 0.05) is 6.20 Å². The van der Waals surface area contributed by atoms with Gasteiger partial charge in [0.05, 0.1) is 21.8 Å². The van der Waals surface area contributed by atoms with Crippen molar-refractivity contribution in [1.29, 1.82) is 0 Å². The largest absolute Gasteiger partial charge is 0.370 e. The topological polar surface area (TPSA) is 64.1 Å². The zero-order valence-corrected chi connectivity index (χ0v) is 13.5. The first kappa shape index (κ1) is 14.3. The van der Waals surface area contributed by atoms with Crippen LogP contribution in [0.5, 0.6) is 0 Å². The Hall–Kier alpha value is -0.630. The first-order valence-electron chi connectivity index (χ1n) is 7.25. The minimum atomic E-state index is -0.344. The summed E-state index contributed by atoms with van der Waals surface area (Å²) in [6.45, 7) is 0.535. The predicted octanol–water partition coefficient (Wildman–Crippen LogP) is 2.02. The minimum absolute atomic E-state index is 0.0713. The highest BCUT2D eigenvalue weighted by Crippen LogP contribution is 2.42. The third-order valence-electron chi connectivity index (χ3n) is 4.47. The number of nitrogens with one attached hydrogen (secondary N) is 1. The molecule has 3 rings (SSSR count). The molecule has 2 fully saturated rings. The van der Waals surface area contributed by atoms with E-state index in [0.717, 1.165) is 25.7 Å². The van der Waals surface area contributed by atoms with E-state index in [2.05, 4.69) is 4.98 Å². The summed E-state index contributed by atoms with van der Waals surface area (Å²) in [6, 6.07) is 0. The van der Waals surface area contributed by atoms with Gasteiger partial charge in [-0.3, -0.25) is 14.3 Å². The lowest BCUT2D eigenvalue weighted by Gasteiger charge is -2.33. The number of hydrogen-bond acceptors (Lipinski definition) is 3. The fourth-order valence-electron chi connectivity index (χ4n) is 3.43. The molecule has 1 aromatic rings. The number of H-pyrrole nitrogens is 1. The van der Waals surface area contributed by atoms with Gasteiger partial charge < -0.3 is 4.74 Å². The molecule has 20 heavy (non-hydrogen) atoms. The molecular formula is C14H19IN2O3. The van der Waals surface area contributed by atoms with Gasteiger partial charge in [-0.25, -0.2) is 4.79 Å². The lowest BCUT2D eigenvalue weighted by atomic mass is 9.83. The highest BCUT2D eigenvalue weighted by atomic mass is 127. The number of nitrogens with zero attached hydrogens (tertiary/aromatic N) is 1. The van der Waals surface area contributed by atoms with Gasteiger partial charge in [-0.05, 0) is 48.3 Å². The van der Waals surface area contributed by atoms with E-state index in [1.165, 1.54) is 19.3 Å². The van der Waals surface area contributed by atoms with Crippen LogP contribution in [0.1, 0.15) is 44.9 Å². The van der Waals surface area contributed by atoms with Gasteiger partial charge in [-0.15, -0.1) is 0 Å². The molecule has 1 saturated heterocycles. The first-order valence-corrected chi connectivity index (χ1v) is 8.33. The summed E-state index contributed by atoms with van der Waals surface area (Å²) in [6.07, 6.45) is 9.95. The van der Waals surface area contributed by atoms with Crippen LogP contribution in [-0.4, -0.2) is 21.3 Å². The van der Waals surface area contributed by atoms with E-state index < -0.39 is 0 Å². The second-order valence-electron chi connectivity index (χ2n) is 5.91. The maximum Gasteiger partial charge on any atom is 0.328 e. The average Bonchev–Trinajstić information content (AvgIpc) is 2.79. The van der Waals surface area contributed by atoms with Crippen molar-refractivity contribution in [2.75, 3.05) is 0 Å². The Bertz CT molecular complexity index is 601. The lowest BCUT2D eigenvalue weighted by Crippen LogP contribution is -2.36. The maximum absolute atomic E-state index is 11.8. The third kappa shape index (κ3) is 2.86. The van der Waals surface area contributed by atoms with E-state index in [1.807, 2.05) is 22.6 Å². The molecule has 1 saturated carbocycles. The molecule has 6 heteroatoms. The van der Waals surface area contributed by atoms with Crippen molar-refractivity contribution in [1.82, 2.24) is 9.55 Å². The molecule has 1 aliphatic carbocycles. The molecule has 2 aliphatic rings. The van der Waals surface area contributed by atoms with Gasteiger partial charge in [-0.2, -0.15) is 0 Å². The number of hydrogen-bond donors (Lipinski definition) is 1. The standard InChI is InChI=1S/C14H19IN2O3/c15-11-9-17(13(19)16-12(11)18)8-10-4-7-14(20-10)5-2-1-3-6-14/h9-10H,1-8H2,(H,16,18,19). The molecule has 1 spiro atoms. The summed E-state index contributed by atoms with van der Waals surface area (Å²) in [5, 5.41) is 0. The van der Waals surface area contributed by atoms with E-state index in [0.29, 0.717) is 10.1 Å². The number of aromatic nitrogens is 2. The van der Waals surface area contributed by atoms with E-state index >= 15 is 0 Å². The molecular weight excluding hydrogens is 371 g/mol. The van der Waals surface area contributed by atoms with Gasteiger partial charge in [0.1, 0.15) is 0 Å². The van der Waals surface area contributed by atoms with Crippen molar-refractivity contribution in [2.24, 2.45) is 0 Å². The van der Waals surface area contributed by atoms with Crippen LogP contribution in [0, 0.1) is 3.57 Å². The molecule has 110 valence electrons. The van der Waals surface area contributed by atoms with E-state index in [9.17, 15) is 9.59 Å². The van der Waals surface area contributed by atoms with E-state index in [4.69, 9.17) is 4.74 Å². The molecule has 2 heterocycles. The van der Waals surface area contributed by atoms with Gasteiger partial charge in [0.15, 0.2) is 0 Å². The third-order valence-corrected chi connectivity index (χ3v) is 5.24. The van der Waals surface area contributed by atoms with Gasteiger partial charge in [0.2, 0.25) is 0 Å². The summed E-state index contributed by atoms with van der Waals surface area (Å²) in [4.78, 5) is 25.5. The Morgan fingerprint density at radius 2 is 2.05 bits per heavy atom. The monoisotopic (exact) mass is 390 g/mol. The highest BCUT2D eigenvalue weighted by molar-refractivity contribution is 14.1. The number of rotatable bonds is 2. The van der Waals surface area contributed by atoms with Crippen molar-refractivity contribution in [3.8, 4) is 0 Å². The van der Waals surface area contributed by atoms with Crippen LogP contribution in [0.2, 0.25) is 0 Å². The Kier molecular flexibility index (Phi) is 4.03. The van der Waals surface area contributed by atoms with Gasteiger partial charge >= 0.3 is 5.69 Å². The van der Waals surface area contributed by atoms with Crippen LogP contribution < -0.4 is 11.2 Å². The van der Waals surface area contributed by atoms with Crippen LogP contribution in [0.4, 0.5) is 0 Å². The SMILES string of the molecule is O=c1[nH]c(=O)n(CC2CCC3(CCCCC3)O2)cc1I. The molecule has 1 unspecified atom stereocenters. The molecule has 1 N–H and O–H groups in total. The van der Waals surface area contributed by atoms with Gasteiger partial charge in [-0.1, -0.05) is 19.3 Å². The number of aromatic amines is 1. The Morgan fingerprint density at radius 1 is 1.30 bits per heavy atom. The highest BCUT2D eigenvalue weighted by Gasteiger charge is 2.40. The second-order valence-corrected chi connectivity index (χ2v) is 7.07. The fraction of sp³-hybridized carbons (Fsp3) is 0.714. The molecule has 0 amide bonds. The zero-order chi connectivity index (χ0) is 14.2. The molecule has 0 bridgehead atoms. The van der Waals surface area contributed by atoms with Crippen LogP contribution >= 0.6 is 22.6 Å². The van der Waals surface area contributed by atoms with Crippen LogP contribution in [0.15, 0.2) is 15.8 Å². The number of ether oxygens (including phenoxy) is 1. The number of halogens is 1. The molecule has 1 aromatic heterocycles. The van der Waals surface area contributed by atoms with Gasteiger partial charge in [0.25, 0.3) is 5.56 Å². The van der Waals surface area contributed by atoms with Crippen LogP contribution in [-0.2, 0) is 11.3 Å². The van der Waals surface area contributed by atoms with Crippen molar-refractivity contribution in [3.63, 3.8) is 0 Å².